The van der Waals surface area contributed by atoms with Crippen molar-refractivity contribution in [2.45, 2.75) is 25.9 Å². The van der Waals surface area contributed by atoms with Gasteiger partial charge in [-0.2, -0.15) is 0 Å². The van der Waals surface area contributed by atoms with Gasteiger partial charge >= 0.3 is 6.03 Å². The quantitative estimate of drug-likeness (QED) is 0.449. The summed E-state index contributed by atoms with van der Waals surface area (Å²) in [6.07, 6.45) is 1.67. The van der Waals surface area contributed by atoms with Crippen LogP contribution in [0, 0.1) is 0 Å². The number of nitrogens with zero attached hydrogens (tertiary/aromatic N) is 2. The van der Waals surface area contributed by atoms with Crippen LogP contribution in [0.2, 0.25) is 0 Å². The molecule has 180 valence electrons. The lowest BCUT2D eigenvalue weighted by molar-refractivity contribution is 0.0519. The van der Waals surface area contributed by atoms with Crippen molar-refractivity contribution in [3.63, 3.8) is 0 Å². The molecule has 1 fully saturated rings. The third-order valence-electron chi connectivity index (χ3n) is 5.62. The van der Waals surface area contributed by atoms with Crippen molar-refractivity contribution in [2.24, 2.45) is 0 Å². The molecule has 33 heavy (non-hydrogen) atoms. The van der Waals surface area contributed by atoms with Gasteiger partial charge in [-0.15, -0.1) is 0 Å². The summed E-state index contributed by atoms with van der Waals surface area (Å²) in [5.41, 5.74) is 1.84. The highest BCUT2D eigenvalue weighted by Gasteiger charge is 2.23. The van der Waals surface area contributed by atoms with Crippen LogP contribution >= 0.6 is 0 Å². The molecule has 3 rings (SSSR count). The van der Waals surface area contributed by atoms with Crippen LogP contribution < -0.4 is 20.1 Å². The summed E-state index contributed by atoms with van der Waals surface area (Å²) in [5.74, 6) is 1.26. The fourth-order valence-electron chi connectivity index (χ4n) is 3.69. The number of unbranched alkanes of at least 4 members (excludes halogenated alkanes) is 1. The van der Waals surface area contributed by atoms with Crippen molar-refractivity contribution in [1.82, 2.24) is 9.80 Å². The summed E-state index contributed by atoms with van der Waals surface area (Å²) in [6.45, 7) is 6.44. The maximum Gasteiger partial charge on any atom is 0.321 e. The highest BCUT2D eigenvalue weighted by atomic mass is 16.5. The fraction of sp³-hybridized carbons (Fsp3) is 0.480. The second kappa shape index (κ2) is 12.9. The zero-order valence-electron chi connectivity index (χ0n) is 19.6. The van der Waals surface area contributed by atoms with Gasteiger partial charge in [-0.3, -0.25) is 4.90 Å². The van der Waals surface area contributed by atoms with Crippen molar-refractivity contribution >= 4 is 17.4 Å². The van der Waals surface area contributed by atoms with Crippen molar-refractivity contribution in [1.29, 1.82) is 0 Å². The number of amides is 2. The summed E-state index contributed by atoms with van der Waals surface area (Å²) in [7, 11) is 1.59. The fourth-order valence-corrected chi connectivity index (χ4v) is 3.69. The molecule has 8 nitrogen and oxygen atoms in total. The van der Waals surface area contributed by atoms with Gasteiger partial charge in [-0.1, -0.05) is 25.5 Å². The normalized spacial score (nSPS) is 15.1. The van der Waals surface area contributed by atoms with E-state index in [4.69, 9.17) is 9.47 Å². The first-order valence-corrected chi connectivity index (χ1v) is 11.6. The number of β-amino-alcohol motifs (C(OH)–C–C–N with tert-alkyl or cyclic N) is 1. The van der Waals surface area contributed by atoms with Crippen LogP contribution in [0.25, 0.3) is 0 Å². The summed E-state index contributed by atoms with van der Waals surface area (Å²) in [6, 6.07) is 15.1. The van der Waals surface area contributed by atoms with Gasteiger partial charge in [0.2, 0.25) is 0 Å². The van der Waals surface area contributed by atoms with E-state index >= 15 is 0 Å². The predicted molar refractivity (Wildman–Crippen MR) is 131 cm³/mol. The van der Waals surface area contributed by atoms with E-state index in [0.717, 1.165) is 30.8 Å². The van der Waals surface area contributed by atoms with E-state index in [1.54, 1.807) is 7.11 Å². The Morgan fingerprint density at radius 1 is 1.03 bits per heavy atom. The minimum absolute atomic E-state index is 0.0959. The van der Waals surface area contributed by atoms with E-state index < -0.39 is 6.10 Å². The van der Waals surface area contributed by atoms with Crippen LogP contribution in [-0.2, 0) is 0 Å². The number of aliphatic hydroxyl groups excluding tert-OH is 1. The molecule has 1 aliphatic heterocycles. The number of urea groups is 1. The number of hydrogen-bond acceptors (Lipinski definition) is 6. The Kier molecular flexibility index (Phi) is 9.65. The number of nitrogens with one attached hydrogen (secondary N) is 2. The van der Waals surface area contributed by atoms with Gasteiger partial charge in [-0.25, -0.2) is 4.79 Å². The number of carbonyl (C=O) groups excluding carboxylic acids is 1. The number of aliphatic hydroxyl groups is 1. The van der Waals surface area contributed by atoms with Crippen LogP contribution in [0.4, 0.5) is 16.2 Å². The van der Waals surface area contributed by atoms with Gasteiger partial charge in [0, 0.05) is 50.6 Å². The molecule has 1 saturated heterocycles. The molecule has 2 aromatic carbocycles. The molecule has 2 aromatic rings. The Labute approximate surface area is 196 Å². The minimum Gasteiger partial charge on any atom is -0.493 e. The second-order valence-electron chi connectivity index (χ2n) is 8.19. The maximum absolute atomic E-state index is 12.6. The van der Waals surface area contributed by atoms with Crippen LogP contribution in [0.1, 0.15) is 19.8 Å². The molecule has 0 saturated carbocycles. The highest BCUT2D eigenvalue weighted by Crippen LogP contribution is 2.25. The van der Waals surface area contributed by atoms with Gasteiger partial charge < -0.3 is 30.1 Å². The topological polar surface area (TPSA) is 86.3 Å². The highest BCUT2D eigenvalue weighted by molar-refractivity contribution is 5.89. The number of rotatable bonds is 11. The maximum atomic E-state index is 12.6. The van der Waals surface area contributed by atoms with E-state index in [-0.39, 0.29) is 12.6 Å². The number of piperazine rings is 1. The van der Waals surface area contributed by atoms with Crippen LogP contribution in [-0.4, -0.2) is 80.0 Å². The Morgan fingerprint density at radius 2 is 1.70 bits per heavy atom. The average Bonchev–Trinajstić information content (AvgIpc) is 2.84. The molecule has 1 heterocycles. The smallest absolute Gasteiger partial charge is 0.321 e. The largest absolute Gasteiger partial charge is 0.493 e. The van der Waals surface area contributed by atoms with Gasteiger partial charge in [0.05, 0.1) is 7.11 Å². The number of para-hydroxylation sites is 2. The number of benzene rings is 2. The van der Waals surface area contributed by atoms with Crippen LogP contribution in [0.15, 0.2) is 48.5 Å². The number of methoxy groups -OCH3 is 1. The zero-order chi connectivity index (χ0) is 23.5. The summed E-state index contributed by atoms with van der Waals surface area (Å²) < 4.78 is 11.0. The van der Waals surface area contributed by atoms with Crippen LogP contribution in [0.5, 0.6) is 11.5 Å². The molecule has 1 aliphatic rings. The Bertz CT molecular complexity index is 854. The molecule has 1 unspecified atom stereocenters. The number of hydrogen-bond donors (Lipinski definition) is 3. The van der Waals surface area contributed by atoms with Crippen molar-refractivity contribution in [3.05, 3.63) is 48.5 Å². The molecule has 3 N–H and O–H groups in total. The molecule has 8 heteroatoms. The molecule has 1 atom stereocenters. The predicted octanol–water partition coefficient (Wildman–Crippen LogP) is 3.50. The van der Waals surface area contributed by atoms with E-state index in [0.29, 0.717) is 44.2 Å². The van der Waals surface area contributed by atoms with Gasteiger partial charge in [-0.05, 0) is 42.8 Å². The van der Waals surface area contributed by atoms with Crippen molar-refractivity contribution < 1.29 is 19.4 Å². The van der Waals surface area contributed by atoms with E-state index in [9.17, 15) is 9.90 Å². The Morgan fingerprint density at radius 3 is 2.36 bits per heavy atom. The van der Waals surface area contributed by atoms with Crippen molar-refractivity contribution in [3.8, 4) is 11.5 Å². The van der Waals surface area contributed by atoms with Gasteiger partial charge in [0.25, 0.3) is 0 Å². The molecule has 2 amide bonds. The summed E-state index contributed by atoms with van der Waals surface area (Å²) >= 11 is 0. The first-order chi connectivity index (χ1) is 16.1. The number of ether oxygens (including phenoxy) is 2. The molecule has 0 bridgehead atoms. The first kappa shape index (κ1) is 24.7. The molecule has 0 radical (unpaired) electrons. The monoisotopic (exact) mass is 456 g/mol. The van der Waals surface area contributed by atoms with Gasteiger partial charge in [0.1, 0.15) is 12.7 Å². The Balaban J connectivity index is 1.37. The molecule has 0 aromatic heterocycles. The summed E-state index contributed by atoms with van der Waals surface area (Å²) in [4.78, 5) is 16.6. The number of carbonyl (C=O) groups is 1. The third-order valence-corrected chi connectivity index (χ3v) is 5.62. The SMILES string of the molecule is CCCCNc1ccc(NC(=O)N2CCN(CC(O)COc3ccccc3OC)CC2)cc1. The second-order valence-corrected chi connectivity index (χ2v) is 8.19. The van der Waals surface area contributed by atoms with Crippen molar-refractivity contribution in [2.75, 3.05) is 63.6 Å². The lowest BCUT2D eigenvalue weighted by atomic mass is 10.2. The zero-order valence-corrected chi connectivity index (χ0v) is 19.6. The van der Waals surface area contributed by atoms with E-state index in [1.807, 2.05) is 53.4 Å². The average molecular weight is 457 g/mol. The summed E-state index contributed by atoms with van der Waals surface area (Å²) in [5, 5.41) is 16.7. The first-order valence-electron chi connectivity index (χ1n) is 11.6. The molecule has 0 aliphatic carbocycles. The molecule has 0 spiro atoms. The van der Waals surface area contributed by atoms with Crippen LogP contribution in [0.3, 0.4) is 0 Å². The number of anilines is 2. The van der Waals surface area contributed by atoms with E-state index in [1.165, 1.54) is 0 Å². The lowest BCUT2D eigenvalue weighted by Gasteiger charge is -2.35. The van der Waals surface area contributed by atoms with Gasteiger partial charge in [0.15, 0.2) is 11.5 Å². The van der Waals surface area contributed by atoms with E-state index in [2.05, 4.69) is 22.5 Å². The molecular weight excluding hydrogens is 420 g/mol. The Hall–Kier alpha value is -2.97. The standard InChI is InChI=1S/C25H36N4O4/c1-3-4-13-26-20-9-11-21(12-10-20)27-25(31)29-16-14-28(15-17-29)18-22(30)19-33-24-8-6-5-7-23(24)32-2/h5-12,22,26,30H,3-4,13-19H2,1-2H3,(H,27,31). The lowest BCUT2D eigenvalue weighted by Crippen LogP contribution is -2.51. The minimum atomic E-state index is -0.625. The molecular formula is C25H36N4O4. The third kappa shape index (κ3) is 7.83.